The zero-order valence-corrected chi connectivity index (χ0v) is 18.7. The van der Waals surface area contributed by atoms with Gasteiger partial charge >= 0.3 is 0 Å². The van der Waals surface area contributed by atoms with Gasteiger partial charge in [-0.3, -0.25) is 4.79 Å². The number of aryl methyl sites for hydroxylation is 1. The number of rotatable bonds is 6. The van der Waals surface area contributed by atoms with Crippen LogP contribution in [0.25, 0.3) is 0 Å². The second-order valence-corrected chi connectivity index (χ2v) is 11.7. The van der Waals surface area contributed by atoms with E-state index in [1.807, 2.05) is 6.92 Å². The summed E-state index contributed by atoms with van der Waals surface area (Å²) in [5.74, 6) is -0.858. The van der Waals surface area contributed by atoms with Crippen molar-refractivity contribution < 1.29 is 21.6 Å². The second-order valence-electron chi connectivity index (χ2n) is 7.73. The molecule has 1 heterocycles. The molecule has 30 heavy (non-hydrogen) atoms. The lowest BCUT2D eigenvalue weighted by molar-refractivity contribution is -0.113. The summed E-state index contributed by atoms with van der Waals surface area (Å²) in [4.78, 5) is 12.5. The van der Waals surface area contributed by atoms with Gasteiger partial charge in [0.25, 0.3) is 0 Å². The number of benzene rings is 2. The van der Waals surface area contributed by atoms with Crippen LogP contribution >= 0.6 is 0 Å². The van der Waals surface area contributed by atoms with Gasteiger partial charge in [0.2, 0.25) is 15.9 Å². The third-order valence-electron chi connectivity index (χ3n) is 5.22. The number of nitrogens with zero attached hydrogens (tertiary/aromatic N) is 1. The van der Waals surface area contributed by atoms with Crippen LogP contribution in [-0.2, 0) is 24.7 Å². The molecule has 0 atom stereocenters. The first-order valence-corrected chi connectivity index (χ1v) is 12.9. The third-order valence-corrected chi connectivity index (χ3v) is 8.77. The Morgan fingerprint density at radius 2 is 1.47 bits per heavy atom. The van der Waals surface area contributed by atoms with Crippen molar-refractivity contribution in [3.05, 3.63) is 54.1 Å². The van der Waals surface area contributed by atoms with E-state index in [2.05, 4.69) is 12.2 Å². The predicted octanol–water partition coefficient (Wildman–Crippen LogP) is 2.83. The quantitative estimate of drug-likeness (QED) is 0.729. The predicted molar refractivity (Wildman–Crippen MR) is 115 cm³/mol. The highest BCUT2D eigenvalue weighted by atomic mass is 32.2. The summed E-state index contributed by atoms with van der Waals surface area (Å²) in [6, 6.07) is 12.1. The van der Waals surface area contributed by atoms with E-state index in [-0.39, 0.29) is 9.79 Å². The number of hydrogen-bond acceptors (Lipinski definition) is 5. The summed E-state index contributed by atoms with van der Waals surface area (Å²) < 4.78 is 51.8. The number of carbonyl (C=O) groups is 1. The molecule has 0 aliphatic carbocycles. The summed E-state index contributed by atoms with van der Waals surface area (Å²) in [6.45, 7) is 4.96. The molecule has 0 radical (unpaired) electrons. The molecule has 0 spiro atoms. The van der Waals surface area contributed by atoms with Crippen molar-refractivity contribution in [2.75, 3.05) is 24.2 Å². The molecule has 1 fully saturated rings. The van der Waals surface area contributed by atoms with Gasteiger partial charge in [-0.1, -0.05) is 24.6 Å². The third kappa shape index (κ3) is 5.27. The fourth-order valence-corrected chi connectivity index (χ4v) is 5.89. The fraction of sp³-hybridized carbons (Fsp3) is 0.381. The minimum atomic E-state index is -3.76. The van der Waals surface area contributed by atoms with Crippen molar-refractivity contribution in [3.8, 4) is 0 Å². The van der Waals surface area contributed by atoms with Crippen LogP contribution in [0.2, 0.25) is 0 Å². The Kier molecular flexibility index (Phi) is 6.64. The standard InChI is InChI=1S/C21H26N2O5S2/c1-16-3-7-19(8-4-16)29(25,26)15-21(24)22-18-5-9-20(10-6-18)30(27,28)23-13-11-17(2)12-14-23/h3-10,17H,11-15H2,1-2H3,(H,22,24). The molecule has 3 rings (SSSR count). The van der Waals surface area contributed by atoms with Gasteiger partial charge in [-0.05, 0) is 62.1 Å². The summed E-state index contributed by atoms with van der Waals surface area (Å²) in [5, 5.41) is 2.52. The minimum absolute atomic E-state index is 0.0838. The van der Waals surface area contributed by atoms with E-state index >= 15 is 0 Å². The van der Waals surface area contributed by atoms with Crippen LogP contribution in [0.1, 0.15) is 25.3 Å². The molecule has 0 unspecified atom stereocenters. The van der Waals surface area contributed by atoms with E-state index in [1.165, 1.54) is 40.7 Å². The zero-order chi connectivity index (χ0) is 21.9. The molecule has 0 saturated carbocycles. The Hall–Kier alpha value is -2.23. The molecular weight excluding hydrogens is 424 g/mol. The van der Waals surface area contributed by atoms with Gasteiger partial charge in [0.05, 0.1) is 9.79 Å². The van der Waals surface area contributed by atoms with Crippen LogP contribution in [0.4, 0.5) is 5.69 Å². The molecular formula is C21H26N2O5S2. The Labute approximate surface area is 178 Å². The lowest BCUT2D eigenvalue weighted by Crippen LogP contribution is -2.37. The van der Waals surface area contributed by atoms with Crippen molar-refractivity contribution in [3.63, 3.8) is 0 Å². The normalized spacial score (nSPS) is 16.3. The van der Waals surface area contributed by atoms with E-state index in [9.17, 15) is 21.6 Å². The van der Waals surface area contributed by atoms with Gasteiger partial charge in [-0.25, -0.2) is 16.8 Å². The summed E-state index contributed by atoms with van der Waals surface area (Å²) in [6.07, 6.45) is 1.67. The Morgan fingerprint density at radius 3 is 2.03 bits per heavy atom. The van der Waals surface area contributed by atoms with Gasteiger partial charge < -0.3 is 5.32 Å². The summed E-state index contributed by atoms with van der Waals surface area (Å²) in [7, 11) is -7.34. The zero-order valence-electron chi connectivity index (χ0n) is 17.0. The maximum atomic E-state index is 12.8. The topological polar surface area (TPSA) is 101 Å². The van der Waals surface area contributed by atoms with Crippen LogP contribution in [-0.4, -0.2) is 45.9 Å². The lowest BCUT2D eigenvalue weighted by atomic mass is 10.0. The largest absolute Gasteiger partial charge is 0.325 e. The number of sulfonamides is 1. The van der Waals surface area contributed by atoms with Crippen LogP contribution in [0.5, 0.6) is 0 Å². The smallest absolute Gasteiger partial charge is 0.243 e. The highest BCUT2D eigenvalue weighted by Gasteiger charge is 2.28. The van der Waals surface area contributed by atoms with Crippen molar-refractivity contribution >= 4 is 31.5 Å². The SMILES string of the molecule is Cc1ccc(S(=O)(=O)CC(=O)Nc2ccc(S(=O)(=O)N3CCC(C)CC3)cc2)cc1. The fourth-order valence-electron chi connectivity index (χ4n) is 3.28. The van der Waals surface area contributed by atoms with Gasteiger partial charge in [-0.15, -0.1) is 0 Å². The first-order valence-electron chi connectivity index (χ1n) is 9.77. The Bertz CT molecular complexity index is 1100. The molecule has 162 valence electrons. The Morgan fingerprint density at radius 1 is 0.933 bits per heavy atom. The first kappa shape index (κ1) is 22.5. The van der Waals surface area contributed by atoms with Crippen molar-refractivity contribution in [1.82, 2.24) is 4.31 Å². The number of sulfone groups is 1. The number of nitrogens with one attached hydrogen (secondary N) is 1. The molecule has 1 aliphatic rings. The molecule has 7 nitrogen and oxygen atoms in total. The monoisotopic (exact) mass is 450 g/mol. The number of carbonyl (C=O) groups excluding carboxylic acids is 1. The summed E-state index contributed by atoms with van der Waals surface area (Å²) >= 11 is 0. The average molecular weight is 451 g/mol. The lowest BCUT2D eigenvalue weighted by Gasteiger charge is -2.29. The molecule has 0 aromatic heterocycles. The van der Waals surface area contributed by atoms with Crippen molar-refractivity contribution in [1.29, 1.82) is 0 Å². The van der Waals surface area contributed by atoms with E-state index in [0.29, 0.717) is 24.7 Å². The molecule has 1 N–H and O–H groups in total. The van der Waals surface area contributed by atoms with E-state index in [4.69, 9.17) is 0 Å². The van der Waals surface area contributed by atoms with Gasteiger partial charge in [0.1, 0.15) is 5.75 Å². The average Bonchev–Trinajstić information content (AvgIpc) is 2.68. The van der Waals surface area contributed by atoms with E-state index < -0.39 is 31.5 Å². The molecule has 2 aromatic carbocycles. The van der Waals surface area contributed by atoms with Crippen molar-refractivity contribution in [2.45, 2.75) is 36.5 Å². The Balaban J connectivity index is 1.65. The molecule has 1 aliphatic heterocycles. The van der Waals surface area contributed by atoms with Crippen LogP contribution in [0, 0.1) is 12.8 Å². The van der Waals surface area contributed by atoms with Crippen LogP contribution in [0.15, 0.2) is 58.3 Å². The minimum Gasteiger partial charge on any atom is -0.325 e. The maximum Gasteiger partial charge on any atom is 0.243 e. The van der Waals surface area contributed by atoms with Gasteiger partial charge in [0, 0.05) is 18.8 Å². The van der Waals surface area contributed by atoms with Gasteiger partial charge in [0.15, 0.2) is 9.84 Å². The van der Waals surface area contributed by atoms with E-state index in [1.54, 1.807) is 12.1 Å². The highest BCUT2D eigenvalue weighted by molar-refractivity contribution is 7.92. The highest BCUT2D eigenvalue weighted by Crippen LogP contribution is 2.24. The number of amides is 1. The molecule has 1 amide bonds. The van der Waals surface area contributed by atoms with Gasteiger partial charge in [-0.2, -0.15) is 4.31 Å². The summed E-state index contributed by atoms with van der Waals surface area (Å²) in [5.41, 5.74) is 1.26. The number of hydrogen-bond donors (Lipinski definition) is 1. The van der Waals surface area contributed by atoms with Crippen molar-refractivity contribution in [2.24, 2.45) is 5.92 Å². The first-order chi connectivity index (χ1) is 14.1. The number of anilines is 1. The molecule has 1 saturated heterocycles. The van der Waals surface area contributed by atoms with E-state index in [0.717, 1.165) is 18.4 Å². The van der Waals surface area contributed by atoms with Crippen LogP contribution in [0.3, 0.4) is 0 Å². The maximum absolute atomic E-state index is 12.8. The molecule has 9 heteroatoms. The number of piperidine rings is 1. The van der Waals surface area contributed by atoms with Crippen LogP contribution < -0.4 is 5.32 Å². The second kappa shape index (κ2) is 8.87. The molecule has 0 bridgehead atoms. The molecule has 2 aromatic rings.